The fourth-order valence-electron chi connectivity index (χ4n) is 1.78. The van der Waals surface area contributed by atoms with Crippen molar-refractivity contribution >= 4 is 11.8 Å². The van der Waals surface area contributed by atoms with Gasteiger partial charge in [-0.3, -0.25) is 9.59 Å². The van der Waals surface area contributed by atoms with Gasteiger partial charge in [-0.05, 0) is 26.2 Å². The number of Topliss-reactive ketones (excluding diaryl/α,β-unsaturated/α-hetero) is 1. The molecule has 3 heteroatoms. The quantitative estimate of drug-likeness (QED) is 0.682. The summed E-state index contributed by atoms with van der Waals surface area (Å²) in [6, 6.07) is 0. The Balaban J connectivity index is 2.51. The number of ketones is 1. The van der Waals surface area contributed by atoms with E-state index in [1.165, 1.54) is 0 Å². The lowest BCUT2D eigenvalue weighted by Crippen LogP contribution is -2.25. The van der Waals surface area contributed by atoms with Crippen LogP contribution in [-0.2, 0) is 9.59 Å². The van der Waals surface area contributed by atoms with E-state index in [0.717, 1.165) is 19.3 Å². The van der Waals surface area contributed by atoms with Gasteiger partial charge < -0.3 is 5.11 Å². The summed E-state index contributed by atoms with van der Waals surface area (Å²) >= 11 is 0. The minimum atomic E-state index is -0.749. The Morgan fingerprint density at radius 3 is 2.33 bits per heavy atom. The second-order valence-electron chi connectivity index (χ2n) is 3.51. The van der Waals surface area contributed by atoms with Gasteiger partial charge in [-0.2, -0.15) is 0 Å². The van der Waals surface area contributed by atoms with Crippen LogP contribution < -0.4 is 0 Å². The standard InChI is InChI=1S/C9H14O3/c1-6(10)7-3-2-4-8(5-7)9(11)12/h7-8H,2-5H2,1H3,(H,11,12). The zero-order valence-corrected chi connectivity index (χ0v) is 7.25. The van der Waals surface area contributed by atoms with Crippen molar-refractivity contribution in [3.8, 4) is 0 Å². The largest absolute Gasteiger partial charge is 0.481 e. The maximum atomic E-state index is 11.0. The molecule has 0 radical (unpaired) electrons. The van der Waals surface area contributed by atoms with Gasteiger partial charge in [0.1, 0.15) is 5.78 Å². The van der Waals surface area contributed by atoms with Crippen molar-refractivity contribution in [3.63, 3.8) is 0 Å². The van der Waals surface area contributed by atoms with Crippen LogP contribution in [0, 0.1) is 11.8 Å². The van der Waals surface area contributed by atoms with Crippen LogP contribution in [0.5, 0.6) is 0 Å². The maximum Gasteiger partial charge on any atom is 0.306 e. The Kier molecular flexibility index (Phi) is 2.84. The SMILES string of the molecule is CC(=O)C1CCCC(C(=O)O)C1. The smallest absolute Gasteiger partial charge is 0.306 e. The molecule has 2 atom stereocenters. The minimum absolute atomic E-state index is 0.000139. The topological polar surface area (TPSA) is 54.4 Å². The van der Waals surface area contributed by atoms with E-state index < -0.39 is 5.97 Å². The average molecular weight is 170 g/mol. The van der Waals surface area contributed by atoms with Crippen LogP contribution in [-0.4, -0.2) is 16.9 Å². The molecule has 0 saturated heterocycles. The van der Waals surface area contributed by atoms with Crippen molar-refractivity contribution in [1.82, 2.24) is 0 Å². The number of rotatable bonds is 2. The van der Waals surface area contributed by atoms with Gasteiger partial charge in [-0.15, -0.1) is 0 Å². The van der Waals surface area contributed by atoms with E-state index in [1.54, 1.807) is 6.92 Å². The maximum absolute atomic E-state index is 11.0. The van der Waals surface area contributed by atoms with Gasteiger partial charge in [0.15, 0.2) is 0 Å². The van der Waals surface area contributed by atoms with Crippen molar-refractivity contribution in [3.05, 3.63) is 0 Å². The highest BCUT2D eigenvalue weighted by molar-refractivity contribution is 5.79. The average Bonchev–Trinajstić information content (AvgIpc) is 2.04. The number of aliphatic carboxylic acids is 1. The van der Waals surface area contributed by atoms with Crippen molar-refractivity contribution in [2.24, 2.45) is 11.8 Å². The normalized spacial score (nSPS) is 29.8. The van der Waals surface area contributed by atoms with Crippen LogP contribution >= 0.6 is 0 Å². The molecule has 1 saturated carbocycles. The molecule has 0 aromatic rings. The summed E-state index contributed by atoms with van der Waals surface area (Å²) in [5.74, 6) is -0.894. The monoisotopic (exact) mass is 170 g/mol. The Bertz CT molecular complexity index is 178. The molecular weight excluding hydrogens is 156 g/mol. The van der Waals surface area contributed by atoms with Crippen molar-refractivity contribution in [2.75, 3.05) is 0 Å². The molecule has 1 aliphatic rings. The number of carbonyl (C=O) groups excluding carboxylic acids is 1. The molecule has 1 rings (SSSR count). The molecule has 0 amide bonds. The Morgan fingerprint density at radius 2 is 1.83 bits per heavy atom. The molecule has 0 aromatic carbocycles. The van der Waals surface area contributed by atoms with E-state index in [0.29, 0.717) is 6.42 Å². The first-order valence-corrected chi connectivity index (χ1v) is 4.34. The van der Waals surface area contributed by atoms with Gasteiger partial charge >= 0.3 is 5.97 Å². The molecule has 0 spiro atoms. The minimum Gasteiger partial charge on any atom is -0.481 e. The predicted octanol–water partition coefficient (Wildman–Crippen LogP) is 1.47. The Labute approximate surface area is 71.8 Å². The van der Waals surface area contributed by atoms with Gasteiger partial charge in [-0.25, -0.2) is 0 Å². The van der Waals surface area contributed by atoms with Gasteiger partial charge in [0.25, 0.3) is 0 Å². The van der Waals surface area contributed by atoms with E-state index in [9.17, 15) is 9.59 Å². The molecular formula is C9H14O3. The molecule has 1 N–H and O–H groups in total. The molecule has 3 nitrogen and oxygen atoms in total. The Hall–Kier alpha value is -0.860. The van der Waals surface area contributed by atoms with Crippen molar-refractivity contribution in [1.29, 1.82) is 0 Å². The first kappa shape index (κ1) is 9.23. The molecule has 68 valence electrons. The lowest BCUT2D eigenvalue weighted by Gasteiger charge is -2.24. The van der Waals surface area contributed by atoms with E-state index in [1.807, 2.05) is 0 Å². The molecule has 12 heavy (non-hydrogen) atoms. The number of carboxylic acids is 1. The van der Waals surface area contributed by atoms with Gasteiger partial charge in [0.2, 0.25) is 0 Å². The third-order valence-electron chi connectivity index (χ3n) is 2.60. The second-order valence-corrected chi connectivity index (χ2v) is 3.51. The fraction of sp³-hybridized carbons (Fsp3) is 0.778. The predicted molar refractivity (Wildman–Crippen MR) is 43.8 cm³/mol. The summed E-state index contributed by atoms with van der Waals surface area (Å²) in [6.07, 6.45) is 3.03. The summed E-state index contributed by atoms with van der Waals surface area (Å²) in [5.41, 5.74) is 0. The zero-order chi connectivity index (χ0) is 9.14. The highest BCUT2D eigenvalue weighted by Gasteiger charge is 2.28. The highest BCUT2D eigenvalue weighted by atomic mass is 16.4. The van der Waals surface area contributed by atoms with E-state index in [4.69, 9.17) is 5.11 Å². The van der Waals surface area contributed by atoms with Crippen LogP contribution in [0.1, 0.15) is 32.6 Å². The number of carboxylic acid groups (broad SMARTS) is 1. The highest BCUT2D eigenvalue weighted by Crippen LogP contribution is 2.29. The Morgan fingerprint density at radius 1 is 1.25 bits per heavy atom. The van der Waals surface area contributed by atoms with Gasteiger partial charge in [0, 0.05) is 5.92 Å². The van der Waals surface area contributed by atoms with Crippen LogP contribution in [0.3, 0.4) is 0 Å². The molecule has 0 heterocycles. The second kappa shape index (κ2) is 3.70. The third-order valence-corrected chi connectivity index (χ3v) is 2.60. The zero-order valence-electron chi connectivity index (χ0n) is 7.25. The van der Waals surface area contributed by atoms with Crippen molar-refractivity contribution < 1.29 is 14.7 Å². The summed E-state index contributed by atoms with van der Waals surface area (Å²) in [6.45, 7) is 1.55. The molecule has 0 aromatic heterocycles. The molecule has 2 unspecified atom stereocenters. The van der Waals surface area contributed by atoms with Gasteiger partial charge in [-0.1, -0.05) is 6.42 Å². The summed E-state index contributed by atoms with van der Waals surface area (Å²) < 4.78 is 0. The number of carbonyl (C=O) groups is 2. The lowest BCUT2D eigenvalue weighted by molar-refractivity contribution is -0.143. The van der Waals surface area contributed by atoms with E-state index in [2.05, 4.69) is 0 Å². The molecule has 1 aliphatic carbocycles. The number of hydrogen-bond acceptors (Lipinski definition) is 2. The molecule has 0 aliphatic heterocycles. The van der Waals surface area contributed by atoms with Crippen LogP contribution in [0.4, 0.5) is 0 Å². The summed E-state index contributed by atoms with van der Waals surface area (Å²) in [5, 5.41) is 8.73. The number of hydrogen-bond donors (Lipinski definition) is 1. The fourth-order valence-corrected chi connectivity index (χ4v) is 1.78. The molecule has 0 bridgehead atoms. The van der Waals surface area contributed by atoms with Crippen LogP contribution in [0.15, 0.2) is 0 Å². The third kappa shape index (κ3) is 2.06. The summed E-state index contributed by atoms with van der Waals surface area (Å²) in [7, 11) is 0. The first-order valence-electron chi connectivity index (χ1n) is 4.34. The first-order chi connectivity index (χ1) is 5.61. The van der Waals surface area contributed by atoms with E-state index in [-0.39, 0.29) is 17.6 Å². The van der Waals surface area contributed by atoms with Crippen LogP contribution in [0.2, 0.25) is 0 Å². The summed E-state index contributed by atoms with van der Waals surface area (Å²) in [4.78, 5) is 21.6. The molecule has 1 fully saturated rings. The van der Waals surface area contributed by atoms with Gasteiger partial charge in [0.05, 0.1) is 5.92 Å². The lowest BCUT2D eigenvalue weighted by atomic mass is 9.80. The van der Waals surface area contributed by atoms with E-state index >= 15 is 0 Å². The van der Waals surface area contributed by atoms with Crippen LogP contribution in [0.25, 0.3) is 0 Å². The van der Waals surface area contributed by atoms with Crippen molar-refractivity contribution in [2.45, 2.75) is 32.6 Å².